The molecule has 2 N–H and O–H groups in total. The van der Waals surface area contributed by atoms with Crippen molar-refractivity contribution in [2.45, 2.75) is 31.3 Å². The lowest BCUT2D eigenvalue weighted by molar-refractivity contribution is 0.0872. The fourth-order valence-electron chi connectivity index (χ4n) is 1.88. The molecule has 0 heterocycles. The van der Waals surface area contributed by atoms with E-state index in [0.29, 0.717) is 0 Å². The van der Waals surface area contributed by atoms with E-state index in [2.05, 4.69) is 17.4 Å². The SMILES string of the molecule is OCC1(NCc2ccccc2)CCC1. The van der Waals surface area contributed by atoms with Crippen LogP contribution in [-0.2, 0) is 6.54 Å². The zero-order valence-electron chi connectivity index (χ0n) is 8.37. The molecule has 1 aromatic carbocycles. The van der Waals surface area contributed by atoms with Crippen molar-refractivity contribution < 1.29 is 5.11 Å². The van der Waals surface area contributed by atoms with Crippen LogP contribution < -0.4 is 5.32 Å². The normalized spacial score (nSPS) is 18.9. The van der Waals surface area contributed by atoms with Crippen LogP contribution in [-0.4, -0.2) is 17.3 Å². The minimum atomic E-state index is 0.0237. The van der Waals surface area contributed by atoms with Crippen molar-refractivity contribution in [3.05, 3.63) is 35.9 Å². The molecule has 0 aromatic heterocycles. The van der Waals surface area contributed by atoms with Gasteiger partial charge in [0.25, 0.3) is 0 Å². The largest absolute Gasteiger partial charge is 0.394 e. The van der Waals surface area contributed by atoms with Crippen LogP contribution in [0, 0.1) is 0 Å². The standard InChI is InChI=1S/C12H17NO/c14-10-12(7-4-8-12)13-9-11-5-2-1-3-6-11/h1-3,5-6,13-14H,4,7-10H2. The van der Waals surface area contributed by atoms with Crippen molar-refractivity contribution in [3.8, 4) is 0 Å². The average molecular weight is 191 g/mol. The maximum atomic E-state index is 9.25. The van der Waals surface area contributed by atoms with Crippen LogP contribution in [0.4, 0.5) is 0 Å². The third-order valence-corrected chi connectivity index (χ3v) is 3.12. The maximum Gasteiger partial charge on any atom is 0.0613 e. The Bertz CT molecular complexity index is 274. The molecule has 1 aliphatic rings. The second kappa shape index (κ2) is 4.11. The number of hydrogen-bond acceptors (Lipinski definition) is 2. The predicted molar refractivity (Wildman–Crippen MR) is 56.9 cm³/mol. The van der Waals surface area contributed by atoms with Crippen LogP contribution in [0.25, 0.3) is 0 Å². The molecule has 0 radical (unpaired) electrons. The zero-order chi connectivity index (χ0) is 9.86. The fraction of sp³-hybridized carbons (Fsp3) is 0.500. The molecule has 0 amide bonds. The number of rotatable bonds is 4. The van der Waals surface area contributed by atoms with Crippen LogP contribution in [0.3, 0.4) is 0 Å². The molecule has 1 fully saturated rings. The summed E-state index contributed by atoms with van der Waals surface area (Å²) in [7, 11) is 0. The van der Waals surface area contributed by atoms with Gasteiger partial charge in [0, 0.05) is 12.1 Å². The van der Waals surface area contributed by atoms with Gasteiger partial charge < -0.3 is 10.4 Å². The Hall–Kier alpha value is -0.860. The lowest BCUT2D eigenvalue weighted by Gasteiger charge is -2.41. The summed E-state index contributed by atoms with van der Waals surface area (Å²) in [4.78, 5) is 0. The van der Waals surface area contributed by atoms with E-state index in [9.17, 15) is 5.11 Å². The monoisotopic (exact) mass is 191 g/mol. The van der Waals surface area contributed by atoms with Gasteiger partial charge in [0.15, 0.2) is 0 Å². The third kappa shape index (κ3) is 1.97. The van der Waals surface area contributed by atoms with Crippen LogP contribution in [0.2, 0.25) is 0 Å². The summed E-state index contributed by atoms with van der Waals surface area (Å²) in [5.41, 5.74) is 1.31. The fourth-order valence-corrected chi connectivity index (χ4v) is 1.88. The van der Waals surface area contributed by atoms with Crippen molar-refractivity contribution in [2.24, 2.45) is 0 Å². The number of aliphatic hydroxyl groups excluding tert-OH is 1. The van der Waals surface area contributed by atoms with E-state index in [-0.39, 0.29) is 12.1 Å². The van der Waals surface area contributed by atoms with E-state index in [1.807, 2.05) is 18.2 Å². The van der Waals surface area contributed by atoms with Gasteiger partial charge in [-0.1, -0.05) is 30.3 Å². The highest BCUT2D eigenvalue weighted by Crippen LogP contribution is 2.31. The molecular formula is C12H17NO. The minimum Gasteiger partial charge on any atom is -0.394 e. The smallest absolute Gasteiger partial charge is 0.0613 e. The molecule has 2 nitrogen and oxygen atoms in total. The molecule has 0 saturated heterocycles. The molecule has 0 bridgehead atoms. The highest BCUT2D eigenvalue weighted by molar-refractivity contribution is 5.15. The molecule has 2 heteroatoms. The Balaban J connectivity index is 1.88. The minimum absolute atomic E-state index is 0.0237. The Morgan fingerprint density at radius 2 is 1.93 bits per heavy atom. The molecule has 2 rings (SSSR count). The summed E-state index contributed by atoms with van der Waals surface area (Å²) in [6.07, 6.45) is 3.45. The van der Waals surface area contributed by atoms with E-state index in [1.54, 1.807) is 0 Å². The summed E-state index contributed by atoms with van der Waals surface area (Å²) >= 11 is 0. The van der Waals surface area contributed by atoms with Gasteiger partial charge >= 0.3 is 0 Å². The average Bonchev–Trinajstić information content (AvgIpc) is 2.19. The lowest BCUT2D eigenvalue weighted by atomic mass is 9.77. The number of hydrogen-bond donors (Lipinski definition) is 2. The molecule has 76 valence electrons. The van der Waals surface area contributed by atoms with Crippen LogP contribution in [0.1, 0.15) is 24.8 Å². The predicted octanol–water partition coefficient (Wildman–Crippen LogP) is 1.69. The number of benzene rings is 1. The topological polar surface area (TPSA) is 32.3 Å². The van der Waals surface area contributed by atoms with Gasteiger partial charge in [-0.15, -0.1) is 0 Å². The Morgan fingerprint density at radius 1 is 1.21 bits per heavy atom. The summed E-state index contributed by atoms with van der Waals surface area (Å²) in [5, 5.41) is 12.7. The van der Waals surface area contributed by atoms with E-state index in [4.69, 9.17) is 0 Å². The van der Waals surface area contributed by atoms with Crippen molar-refractivity contribution >= 4 is 0 Å². The van der Waals surface area contributed by atoms with Crippen molar-refractivity contribution in [1.29, 1.82) is 0 Å². The highest BCUT2D eigenvalue weighted by atomic mass is 16.3. The summed E-state index contributed by atoms with van der Waals surface area (Å²) in [6.45, 7) is 1.13. The first-order chi connectivity index (χ1) is 6.85. The van der Waals surface area contributed by atoms with Gasteiger partial charge in [-0.05, 0) is 24.8 Å². The molecule has 0 atom stereocenters. The van der Waals surface area contributed by atoms with E-state index >= 15 is 0 Å². The zero-order valence-corrected chi connectivity index (χ0v) is 8.37. The van der Waals surface area contributed by atoms with E-state index < -0.39 is 0 Å². The third-order valence-electron chi connectivity index (χ3n) is 3.12. The molecule has 0 unspecified atom stereocenters. The van der Waals surface area contributed by atoms with Gasteiger partial charge in [-0.25, -0.2) is 0 Å². The first kappa shape index (κ1) is 9.69. The summed E-state index contributed by atoms with van der Waals surface area (Å²) < 4.78 is 0. The van der Waals surface area contributed by atoms with Crippen LogP contribution in [0.5, 0.6) is 0 Å². The van der Waals surface area contributed by atoms with Crippen molar-refractivity contribution in [2.75, 3.05) is 6.61 Å². The second-order valence-electron chi connectivity index (χ2n) is 4.13. The maximum absolute atomic E-state index is 9.25. The van der Waals surface area contributed by atoms with Gasteiger partial charge in [0.2, 0.25) is 0 Å². The van der Waals surface area contributed by atoms with Crippen LogP contribution in [0.15, 0.2) is 30.3 Å². The van der Waals surface area contributed by atoms with Crippen LogP contribution >= 0.6 is 0 Å². The van der Waals surface area contributed by atoms with Crippen molar-refractivity contribution in [1.82, 2.24) is 5.32 Å². The summed E-state index contributed by atoms with van der Waals surface area (Å²) in [6, 6.07) is 10.3. The second-order valence-corrected chi connectivity index (χ2v) is 4.13. The van der Waals surface area contributed by atoms with Gasteiger partial charge in [-0.2, -0.15) is 0 Å². The molecule has 1 aromatic rings. The van der Waals surface area contributed by atoms with Gasteiger partial charge in [0.05, 0.1) is 6.61 Å². The Kier molecular flexibility index (Phi) is 2.85. The van der Waals surface area contributed by atoms with Gasteiger partial charge in [-0.3, -0.25) is 0 Å². The Labute approximate surface area is 85.0 Å². The lowest BCUT2D eigenvalue weighted by Crippen LogP contribution is -2.53. The first-order valence-corrected chi connectivity index (χ1v) is 5.24. The molecule has 0 aliphatic heterocycles. The van der Waals surface area contributed by atoms with E-state index in [1.165, 1.54) is 12.0 Å². The van der Waals surface area contributed by atoms with E-state index in [0.717, 1.165) is 19.4 Å². The van der Waals surface area contributed by atoms with Crippen molar-refractivity contribution in [3.63, 3.8) is 0 Å². The number of aliphatic hydroxyl groups is 1. The number of nitrogens with one attached hydrogen (secondary N) is 1. The molecule has 14 heavy (non-hydrogen) atoms. The molecule has 1 aliphatic carbocycles. The van der Waals surface area contributed by atoms with Gasteiger partial charge in [0.1, 0.15) is 0 Å². The Morgan fingerprint density at radius 3 is 2.43 bits per heavy atom. The molecule has 0 spiro atoms. The quantitative estimate of drug-likeness (QED) is 0.759. The molecular weight excluding hydrogens is 174 g/mol. The highest BCUT2D eigenvalue weighted by Gasteiger charge is 2.35. The summed E-state index contributed by atoms with van der Waals surface area (Å²) in [5.74, 6) is 0. The first-order valence-electron chi connectivity index (χ1n) is 5.24. The molecule has 1 saturated carbocycles.